The van der Waals surface area contributed by atoms with Crippen LogP contribution in [-0.2, 0) is 69.7 Å². The predicted octanol–water partition coefficient (Wildman–Crippen LogP) is 9.03. The van der Waals surface area contributed by atoms with Gasteiger partial charge in [0.15, 0.2) is 70.5 Å². The van der Waals surface area contributed by atoms with Crippen LogP contribution >= 0.6 is 22.7 Å². The lowest BCUT2D eigenvalue weighted by Crippen LogP contribution is -2.32. The molecule has 12 rings (SSSR count). The number of nitrogens with one attached hydrogen (secondary N) is 4. The van der Waals surface area contributed by atoms with Crippen LogP contribution in [0.1, 0.15) is 114 Å². The molecule has 0 saturated carbocycles. The Morgan fingerprint density at radius 3 is 1.12 bits per heavy atom. The second-order valence-electron chi connectivity index (χ2n) is 25.8. The molecular formula is C74H85N17O17S6. The van der Waals surface area contributed by atoms with Crippen LogP contribution in [0.5, 0.6) is 0 Å². The van der Waals surface area contributed by atoms with Crippen LogP contribution in [0.15, 0.2) is 205 Å². The van der Waals surface area contributed by atoms with Crippen LogP contribution in [0.3, 0.4) is 0 Å². The summed E-state index contributed by atoms with van der Waals surface area (Å²) >= 11 is 2.59. The Balaban J connectivity index is 0.000000174. The summed E-state index contributed by atoms with van der Waals surface area (Å²) < 4.78 is 130. The van der Waals surface area contributed by atoms with Gasteiger partial charge in [-0.2, -0.15) is 8.61 Å². The highest BCUT2D eigenvalue weighted by molar-refractivity contribution is 7.91. The molecule has 8 heterocycles. The van der Waals surface area contributed by atoms with Crippen molar-refractivity contribution in [2.45, 2.75) is 80.8 Å². The second kappa shape index (κ2) is 41.1. The molecule has 0 fully saturated rings. The van der Waals surface area contributed by atoms with E-state index in [1.165, 1.54) is 86.0 Å². The smallest absolute Gasteiger partial charge is 0.276 e. The number of hydrogen-bond donors (Lipinski definition) is 4. The summed E-state index contributed by atoms with van der Waals surface area (Å²) in [6.45, 7) is 9.07. The lowest BCUT2D eigenvalue weighted by molar-refractivity contribution is 0.0935. The van der Waals surface area contributed by atoms with E-state index in [-0.39, 0.29) is 113 Å². The Kier molecular flexibility index (Phi) is 31.3. The molecule has 4 aromatic carbocycles. The van der Waals surface area contributed by atoms with Crippen molar-refractivity contribution in [2.24, 2.45) is 7.05 Å². The van der Waals surface area contributed by atoms with E-state index in [2.05, 4.69) is 67.3 Å². The Labute approximate surface area is 666 Å². The number of benzene rings is 4. The van der Waals surface area contributed by atoms with E-state index in [1.807, 2.05) is 149 Å². The summed E-state index contributed by atoms with van der Waals surface area (Å²) in [6.07, 6.45) is 5.53. The Hall–Kier alpha value is -11.1. The highest BCUT2D eigenvalue weighted by Gasteiger charge is 2.28. The summed E-state index contributed by atoms with van der Waals surface area (Å²) in [7, 11) is -8.03. The zero-order valence-electron chi connectivity index (χ0n) is 63.3. The molecule has 12 aromatic rings. The van der Waals surface area contributed by atoms with Crippen LogP contribution in [0.25, 0.3) is 45.3 Å². The van der Waals surface area contributed by atoms with Crippen molar-refractivity contribution in [1.29, 1.82) is 0 Å². The first-order valence-electron chi connectivity index (χ1n) is 35.3. The van der Waals surface area contributed by atoms with Crippen LogP contribution in [-0.4, -0.2) is 193 Å². The first kappa shape index (κ1) is 86.9. The zero-order valence-corrected chi connectivity index (χ0v) is 68.2. The van der Waals surface area contributed by atoms with Gasteiger partial charge in [0, 0.05) is 144 Å². The van der Waals surface area contributed by atoms with Gasteiger partial charge in [-0.1, -0.05) is 170 Å². The maximum Gasteiger partial charge on any atom is 0.276 e. The van der Waals surface area contributed by atoms with Gasteiger partial charge in [0.05, 0.1) is 11.5 Å². The summed E-state index contributed by atoms with van der Waals surface area (Å²) in [6, 6.07) is 46.6. The molecule has 0 aliphatic carbocycles. The summed E-state index contributed by atoms with van der Waals surface area (Å²) in [4.78, 5) is 52.6. The Bertz CT molecular complexity index is 5400. The average molecular weight is 1680 g/mol. The number of sulfone groups is 2. The molecular weight excluding hydrogens is 1590 g/mol. The van der Waals surface area contributed by atoms with Crippen molar-refractivity contribution < 1.29 is 75.7 Å². The standard InChI is InChI=1S/C20H24N4O5S.C18H21N5O4S.2C18H20N4O4S2/c1-23(30(26,27)19-10-6-13-24(19)15-28-2)12-7-11-21-20(25)17-14-18(29-22-17)16-8-4-3-5-9-16;1-22-12-10-20-18(22)28(25,26)23(2)11-6-9-19-17(24)15-13-16(27-21-15)14-7-4-3-5-8-14;2*1-12(2)18-21-20-16(27-18)11-28(24,25)9-8-19-17(23)14-10-15(26-22-14)13-6-4-3-5-7-13/h3-6,8-10,13-14H,7,11-12,15H2,1-2H3,(H,21,25);3-5,7-8,10,12-13H,6,9,11H2,1-2H3,(H,19,24);2*3-7,10,12H,8-9,11H2,1-2H3,(H,19,23). The minimum Gasteiger partial charge on any atom is -0.364 e. The lowest BCUT2D eigenvalue weighted by Gasteiger charge is -2.18. The molecule has 4 N–H and O–H groups in total. The number of nitrogens with zero attached hydrogens (tertiary/aromatic N) is 13. The molecule has 0 unspecified atom stereocenters. The van der Waals surface area contributed by atoms with Gasteiger partial charge in [0.2, 0.25) is 5.16 Å². The number of rotatable bonds is 34. The molecule has 0 radical (unpaired) electrons. The van der Waals surface area contributed by atoms with E-state index in [9.17, 15) is 52.8 Å². The fourth-order valence-electron chi connectivity index (χ4n) is 10.1. The molecule has 4 amide bonds. The molecule has 8 aromatic heterocycles. The maximum absolute atomic E-state index is 12.7. The van der Waals surface area contributed by atoms with Crippen molar-refractivity contribution in [1.82, 2.24) is 85.0 Å². The number of aryl methyl sites for hydroxylation is 1. The molecule has 0 aliphatic rings. The molecule has 0 atom stereocenters. The van der Waals surface area contributed by atoms with Crippen LogP contribution in [0.4, 0.5) is 0 Å². The molecule has 0 bridgehead atoms. The van der Waals surface area contributed by atoms with Gasteiger partial charge in [-0.3, -0.25) is 19.2 Å². The normalized spacial score (nSPS) is 11.7. The van der Waals surface area contributed by atoms with Gasteiger partial charge in [-0.15, -0.1) is 43.1 Å². The maximum atomic E-state index is 12.7. The van der Waals surface area contributed by atoms with Crippen molar-refractivity contribution in [3.63, 3.8) is 0 Å². The minimum absolute atomic E-state index is 0.0184. The topological polar surface area (TPSA) is 447 Å². The number of carbonyl (C=O) groups excluding carboxylic acids is 4. The lowest BCUT2D eigenvalue weighted by atomic mass is 10.1. The Morgan fingerprint density at radius 2 is 0.807 bits per heavy atom. The number of aromatic nitrogens is 11. The third-order valence-corrected chi connectivity index (χ3v) is 25.9. The summed E-state index contributed by atoms with van der Waals surface area (Å²) in [5.74, 6) is -0.127. The van der Waals surface area contributed by atoms with Gasteiger partial charge >= 0.3 is 0 Å². The number of ether oxygens (including phenoxy) is 1. The van der Waals surface area contributed by atoms with Gasteiger partial charge in [-0.05, 0) is 25.0 Å². The number of carbonyl (C=O) groups is 4. The van der Waals surface area contributed by atoms with Crippen molar-refractivity contribution >= 4 is 86.0 Å². The SMILES string of the molecule is CC(C)c1nnc(CS(=O)(=O)CCNC(=O)c2cc(-c3ccccc3)on2)s1.CC(C)c1nnc(CS(=O)(=O)CCNC(=O)c2cc(-c3ccccc3)on2)s1.CN(CCCNC(=O)c1cc(-c2ccccc2)on1)S(=O)(=O)c1nccn1C.COCn1cccc1S(=O)(=O)N(C)CCCNC(=O)c1cc(-c2ccccc2)on1. The average Bonchev–Trinajstić information content (AvgIpc) is 1.52. The van der Waals surface area contributed by atoms with Crippen molar-refractivity contribution in [3.8, 4) is 45.3 Å². The van der Waals surface area contributed by atoms with Gasteiger partial charge < -0.3 is 53.2 Å². The molecule has 34 nitrogen and oxygen atoms in total. The minimum atomic E-state index is -3.66. The molecule has 40 heteroatoms. The number of amides is 4. The number of hydrogen-bond acceptors (Lipinski definition) is 28. The highest BCUT2D eigenvalue weighted by atomic mass is 32.2. The van der Waals surface area contributed by atoms with E-state index in [0.29, 0.717) is 59.0 Å². The van der Waals surface area contributed by atoms with Crippen molar-refractivity contribution in [2.75, 3.05) is 72.0 Å². The van der Waals surface area contributed by atoms with E-state index < -0.39 is 51.5 Å². The van der Waals surface area contributed by atoms with Gasteiger partial charge in [0.1, 0.15) is 38.3 Å². The highest BCUT2D eigenvalue weighted by Crippen LogP contribution is 2.26. The third-order valence-electron chi connectivity index (χ3n) is 16.3. The van der Waals surface area contributed by atoms with E-state index in [4.69, 9.17) is 22.8 Å². The first-order valence-corrected chi connectivity index (χ1v) is 43.5. The number of sulfonamides is 2. The predicted molar refractivity (Wildman–Crippen MR) is 424 cm³/mol. The van der Waals surface area contributed by atoms with Crippen LogP contribution < -0.4 is 21.3 Å². The quantitative estimate of drug-likeness (QED) is 0.0273. The number of imidazole rings is 1. The third kappa shape index (κ3) is 25.2. The molecule has 114 heavy (non-hydrogen) atoms. The van der Waals surface area contributed by atoms with E-state index in [1.54, 1.807) is 37.6 Å². The van der Waals surface area contributed by atoms with Crippen LogP contribution in [0.2, 0.25) is 0 Å². The Morgan fingerprint density at radius 1 is 0.465 bits per heavy atom. The zero-order chi connectivity index (χ0) is 82.0. The van der Waals surface area contributed by atoms with Gasteiger partial charge in [0.25, 0.3) is 43.7 Å². The van der Waals surface area contributed by atoms with Crippen LogP contribution in [0, 0.1) is 0 Å². The summed E-state index contributed by atoms with van der Waals surface area (Å²) in [5.41, 5.74) is 3.80. The monoisotopic (exact) mass is 1680 g/mol. The molecule has 0 spiro atoms. The first-order chi connectivity index (χ1) is 54.5. The van der Waals surface area contributed by atoms with Crippen molar-refractivity contribution in [3.05, 3.63) is 219 Å². The second-order valence-corrected chi connectivity index (χ2v) is 36.3. The van der Waals surface area contributed by atoms with E-state index >= 15 is 0 Å². The molecule has 0 saturated heterocycles. The van der Waals surface area contributed by atoms with Gasteiger partial charge in [-0.25, -0.2) is 38.7 Å². The fourth-order valence-corrected chi connectivity index (χ4v) is 17.6. The largest absolute Gasteiger partial charge is 0.364 e. The summed E-state index contributed by atoms with van der Waals surface area (Å²) in [5, 5.41) is 44.1. The fraction of sp³-hybridized carbons (Fsp3) is 0.311. The van der Waals surface area contributed by atoms with E-state index in [0.717, 1.165) is 32.3 Å². The molecule has 604 valence electrons. The molecule has 0 aliphatic heterocycles. The number of methoxy groups -OCH3 is 1.